The van der Waals surface area contributed by atoms with Crippen molar-refractivity contribution in [3.63, 3.8) is 0 Å². The largest absolute Gasteiger partial charge is 0.508 e. The molecule has 3 N–H and O–H groups in total. The Hall–Kier alpha value is -2.56. The Bertz CT molecular complexity index is 555. The molecule has 1 aromatic carbocycles. The zero-order valence-corrected chi connectivity index (χ0v) is 9.50. The third kappa shape index (κ3) is 2.76. The van der Waals surface area contributed by atoms with E-state index in [2.05, 4.69) is 10.3 Å². The first-order chi connectivity index (χ1) is 8.66. The van der Waals surface area contributed by atoms with Gasteiger partial charge in [0.2, 0.25) is 0 Å². The summed E-state index contributed by atoms with van der Waals surface area (Å²) in [5.41, 5.74) is 1.04. The second kappa shape index (κ2) is 5.18. The van der Waals surface area contributed by atoms with Crippen LogP contribution in [-0.2, 0) is 6.54 Å². The molecule has 18 heavy (non-hydrogen) atoms. The topological polar surface area (TPSA) is 82.5 Å². The number of rotatable bonds is 3. The summed E-state index contributed by atoms with van der Waals surface area (Å²) in [4.78, 5) is 15.7. The number of hydrogen-bond acceptors (Lipinski definition) is 4. The number of aromatic hydroxyl groups is 2. The minimum absolute atomic E-state index is 0.0850. The number of hydrogen-bond donors (Lipinski definition) is 3. The third-order valence-corrected chi connectivity index (χ3v) is 2.43. The first-order valence-corrected chi connectivity index (χ1v) is 5.36. The van der Waals surface area contributed by atoms with Crippen molar-refractivity contribution in [1.29, 1.82) is 0 Å². The summed E-state index contributed by atoms with van der Waals surface area (Å²) in [5, 5.41) is 21.3. The second-order valence-electron chi connectivity index (χ2n) is 3.74. The van der Waals surface area contributed by atoms with Crippen molar-refractivity contribution in [3.05, 3.63) is 53.9 Å². The van der Waals surface area contributed by atoms with Crippen LogP contribution in [0.25, 0.3) is 0 Å². The van der Waals surface area contributed by atoms with E-state index in [0.29, 0.717) is 6.54 Å². The molecule has 1 aromatic heterocycles. The molecule has 1 amide bonds. The highest BCUT2D eigenvalue weighted by Crippen LogP contribution is 2.22. The minimum atomic E-state index is -0.399. The first-order valence-electron chi connectivity index (χ1n) is 5.36. The number of carbonyl (C=O) groups excluding carboxylic acids is 1. The number of phenolic OH excluding ortho intramolecular Hbond substituents is 2. The molecule has 0 fully saturated rings. The fourth-order valence-corrected chi connectivity index (χ4v) is 1.49. The van der Waals surface area contributed by atoms with Crippen molar-refractivity contribution in [2.24, 2.45) is 0 Å². The van der Waals surface area contributed by atoms with E-state index in [1.807, 2.05) is 0 Å². The maximum absolute atomic E-state index is 11.8. The predicted octanol–water partition coefficient (Wildman–Crippen LogP) is 1.42. The fourth-order valence-electron chi connectivity index (χ4n) is 1.49. The summed E-state index contributed by atoms with van der Waals surface area (Å²) in [5.74, 6) is -0.732. The summed E-state index contributed by atoms with van der Waals surface area (Å²) in [7, 11) is 0. The quantitative estimate of drug-likeness (QED) is 0.762. The zero-order chi connectivity index (χ0) is 13.0. The molecule has 92 valence electrons. The van der Waals surface area contributed by atoms with Crippen LogP contribution in [0, 0.1) is 0 Å². The van der Waals surface area contributed by atoms with Crippen LogP contribution in [0.2, 0.25) is 0 Å². The van der Waals surface area contributed by atoms with Crippen LogP contribution in [0.15, 0.2) is 42.7 Å². The maximum Gasteiger partial charge on any atom is 0.255 e. The Kier molecular flexibility index (Phi) is 3.43. The van der Waals surface area contributed by atoms with E-state index < -0.39 is 5.91 Å². The van der Waals surface area contributed by atoms with Gasteiger partial charge in [-0.3, -0.25) is 9.78 Å². The lowest BCUT2D eigenvalue weighted by Gasteiger charge is -2.07. The van der Waals surface area contributed by atoms with Gasteiger partial charge in [-0.05, 0) is 29.8 Å². The van der Waals surface area contributed by atoms with Gasteiger partial charge in [0, 0.05) is 25.0 Å². The third-order valence-electron chi connectivity index (χ3n) is 2.43. The summed E-state index contributed by atoms with van der Waals surface area (Å²) < 4.78 is 0. The fraction of sp³-hybridized carbons (Fsp3) is 0.0769. The normalized spacial score (nSPS) is 10.0. The highest BCUT2D eigenvalue weighted by atomic mass is 16.3. The maximum atomic E-state index is 11.8. The van der Waals surface area contributed by atoms with Gasteiger partial charge >= 0.3 is 0 Å². The van der Waals surface area contributed by atoms with Crippen molar-refractivity contribution in [1.82, 2.24) is 10.3 Å². The van der Waals surface area contributed by atoms with E-state index in [9.17, 15) is 9.90 Å². The monoisotopic (exact) mass is 244 g/mol. The van der Waals surface area contributed by atoms with Crippen molar-refractivity contribution >= 4 is 5.91 Å². The number of benzene rings is 1. The van der Waals surface area contributed by atoms with E-state index in [0.717, 1.165) is 11.6 Å². The Morgan fingerprint density at radius 3 is 2.56 bits per heavy atom. The molecule has 0 aliphatic carbocycles. The molecule has 5 nitrogen and oxygen atoms in total. The van der Waals surface area contributed by atoms with Crippen molar-refractivity contribution in [2.45, 2.75) is 6.54 Å². The second-order valence-corrected chi connectivity index (χ2v) is 3.74. The van der Waals surface area contributed by atoms with Crippen molar-refractivity contribution in [3.8, 4) is 11.5 Å². The lowest BCUT2D eigenvalue weighted by molar-refractivity contribution is 0.0948. The smallest absolute Gasteiger partial charge is 0.255 e. The van der Waals surface area contributed by atoms with Crippen LogP contribution in [0.5, 0.6) is 11.5 Å². The van der Waals surface area contributed by atoms with E-state index in [4.69, 9.17) is 5.11 Å². The standard InChI is InChI=1S/C13H12N2O3/c16-10-1-2-11(12(17)7-10)13(18)15-8-9-3-5-14-6-4-9/h1-7,16-17H,8H2,(H,15,18). The van der Waals surface area contributed by atoms with Gasteiger partial charge in [-0.1, -0.05) is 0 Å². The van der Waals surface area contributed by atoms with Crippen LogP contribution in [0.4, 0.5) is 0 Å². The van der Waals surface area contributed by atoms with Gasteiger partial charge in [-0.25, -0.2) is 0 Å². The van der Waals surface area contributed by atoms with Gasteiger partial charge in [-0.2, -0.15) is 0 Å². The number of carbonyl (C=O) groups is 1. The molecule has 0 unspecified atom stereocenters. The molecule has 0 aliphatic rings. The van der Waals surface area contributed by atoms with Crippen LogP contribution in [0.3, 0.4) is 0 Å². The molecule has 5 heteroatoms. The first kappa shape index (κ1) is 11.9. The lowest BCUT2D eigenvalue weighted by Crippen LogP contribution is -2.22. The number of aromatic nitrogens is 1. The lowest BCUT2D eigenvalue weighted by atomic mass is 10.1. The molecular formula is C13H12N2O3. The number of amides is 1. The predicted molar refractivity (Wildman–Crippen MR) is 65.2 cm³/mol. The van der Waals surface area contributed by atoms with Crippen LogP contribution < -0.4 is 5.32 Å². The molecule has 0 atom stereocenters. The summed E-state index contributed by atoms with van der Waals surface area (Å²) >= 11 is 0. The molecule has 0 bridgehead atoms. The summed E-state index contributed by atoms with van der Waals surface area (Å²) in [6.07, 6.45) is 3.28. The number of phenols is 2. The molecule has 2 rings (SSSR count). The van der Waals surface area contributed by atoms with E-state index in [-0.39, 0.29) is 17.1 Å². The van der Waals surface area contributed by atoms with Crippen LogP contribution >= 0.6 is 0 Å². The van der Waals surface area contributed by atoms with E-state index in [1.165, 1.54) is 12.1 Å². The Labute approximate surface area is 104 Å². The molecular weight excluding hydrogens is 232 g/mol. The molecule has 0 spiro atoms. The number of nitrogens with zero attached hydrogens (tertiary/aromatic N) is 1. The SMILES string of the molecule is O=C(NCc1ccncc1)c1ccc(O)cc1O. The highest BCUT2D eigenvalue weighted by molar-refractivity contribution is 5.96. The molecule has 2 aromatic rings. The van der Waals surface area contributed by atoms with E-state index in [1.54, 1.807) is 24.5 Å². The average molecular weight is 244 g/mol. The highest BCUT2D eigenvalue weighted by Gasteiger charge is 2.10. The molecule has 0 saturated carbocycles. The molecule has 0 radical (unpaired) electrons. The zero-order valence-electron chi connectivity index (χ0n) is 9.50. The molecule has 0 aliphatic heterocycles. The Morgan fingerprint density at radius 2 is 1.89 bits per heavy atom. The van der Waals surface area contributed by atoms with Crippen molar-refractivity contribution < 1.29 is 15.0 Å². The van der Waals surface area contributed by atoms with Crippen LogP contribution in [-0.4, -0.2) is 21.1 Å². The minimum Gasteiger partial charge on any atom is -0.508 e. The Morgan fingerprint density at radius 1 is 1.17 bits per heavy atom. The van der Waals surface area contributed by atoms with Gasteiger partial charge in [0.25, 0.3) is 5.91 Å². The number of pyridine rings is 1. The van der Waals surface area contributed by atoms with Crippen molar-refractivity contribution in [2.75, 3.05) is 0 Å². The van der Waals surface area contributed by atoms with Crippen LogP contribution in [0.1, 0.15) is 15.9 Å². The van der Waals surface area contributed by atoms with E-state index >= 15 is 0 Å². The average Bonchev–Trinajstić information content (AvgIpc) is 2.37. The van der Waals surface area contributed by atoms with Gasteiger partial charge < -0.3 is 15.5 Å². The van der Waals surface area contributed by atoms with Gasteiger partial charge in [0.1, 0.15) is 11.5 Å². The van der Waals surface area contributed by atoms with Gasteiger partial charge in [0.15, 0.2) is 0 Å². The Balaban J connectivity index is 2.04. The van der Waals surface area contributed by atoms with Gasteiger partial charge in [-0.15, -0.1) is 0 Å². The molecule has 1 heterocycles. The van der Waals surface area contributed by atoms with Gasteiger partial charge in [0.05, 0.1) is 5.56 Å². The summed E-state index contributed by atoms with van der Waals surface area (Å²) in [6, 6.07) is 7.42. The summed E-state index contributed by atoms with van der Waals surface area (Å²) in [6.45, 7) is 0.349. The molecule has 0 saturated heterocycles. The number of nitrogens with one attached hydrogen (secondary N) is 1.